The molecule has 10 heteroatoms. The zero-order valence-electron chi connectivity index (χ0n) is 11.4. The van der Waals surface area contributed by atoms with Crippen molar-refractivity contribution in [2.24, 2.45) is 10.9 Å². The van der Waals surface area contributed by atoms with E-state index in [4.69, 9.17) is 15.7 Å². The normalized spacial score (nSPS) is 21.8. The molecular weight excluding hydrogens is 288 g/mol. The average molecular weight is 308 g/mol. The molecule has 116 valence electrons. The van der Waals surface area contributed by atoms with Gasteiger partial charge in [0.25, 0.3) is 0 Å². The van der Waals surface area contributed by atoms with Gasteiger partial charge in [0, 0.05) is 6.54 Å². The summed E-state index contributed by atoms with van der Waals surface area (Å²) in [7, 11) is -4.10. The second-order valence-electron chi connectivity index (χ2n) is 4.71. The molecule has 1 aliphatic heterocycles. The Kier molecular flexibility index (Phi) is 5.57. The van der Waals surface area contributed by atoms with Crippen LogP contribution in [0.1, 0.15) is 33.1 Å². The van der Waals surface area contributed by atoms with E-state index in [1.54, 1.807) is 13.8 Å². The van der Waals surface area contributed by atoms with E-state index >= 15 is 0 Å². The minimum absolute atomic E-state index is 0.186. The third-order valence-corrected chi connectivity index (χ3v) is 4.25. The van der Waals surface area contributed by atoms with Gasteiger partial charge in [-0.1, -0.05) is 11.6 Å². The van der Waals surface area contributed by atoms with E-state index in [-0.39, 0.29) is 12.4 Å². The Hall–Kier alpha value is -1.55. The van der Waals surface area contributed by atoms with Gasteiger partial charge in [0.2, 0.25) is 0 Å². The van der Waals surface area contributed by atoms with Crippen LogP contribution in [0.2, 0.25) is 0 Å². The highest BCUT2D eigenvalue weighted by Crippen LogP contribution is 2.20. The molecule has 1 aliphatic rings. The van der Waals surface area contributed by atoms with Crippen molar-refractivity contribution in [1.29, 1.82) is 0 Å². The number of amides is 1. The third-order valence-electron chi connectivity index (χ3n) is 2.77. The number of ether oxygens (including phenoxy) is 1. The summed E-state index contributed by atoms with van der Waals surface area (Å²) in [5.41, 5.74) is 5.50. The highest BCUT2D eigenvalue weighted by molar-refractivity contribution is 7.87. The standard InChI is InChI=1S/C10H20N4O5S/c1-7(2)19-10(15)13-20(17,18)14-6-4-3-5-8(14)9(11)12-16/h7-8,16H,3-6H2,1-2H3,(H2,11,12)(H,13,15). The number of rotatable bonds is 4. The molecule has 0 aromatic rings. The lowest BCUT2D eigenvalue weighted by Gasteiger charge is -2.33. The molecule has 0 spiro atoms. The van der Waals surface area contributed by atoms with Crippen molar-refractivity contribution < 1.29 is 23.2 Å². The van der Waals surface area contributed by atoms with E-state index in [1.807, 2.05) is 4.72 Å². The van der Waals surface area contributed by atoms with E-state index in [1.165, 1.54) is 0 Å². The number of carbonyl (C=O) groups is 1. The van der Waals surface area contributed by atoms with Gasteiger partial charge in [-0.2, -0.15) is 12.7 Å². The molecule has 0 radical (unpaired) electrons. The molecule has 1 heterocycles. The first-order chi connectivity index (χ1) is 9.27. The first-order valence-corrected chi connectivity index (χ1v) is 7.69. The second-order valence-corrected chi connectivity index (χ2v) is 6.33. The lowest BCUT2D eigenvalue weighted by atomic mass is 10.0. The Morgan fingerprint density at radius 2 is 2.15 bits per heavy atom. The fraction of sp³-hybridized carbons (Fsp3) is 0.800. The van der Waals surface area contributed by atoms with Crippen LogP contribution in [0.4, 0.5) is 4.79 Å². The molecule has 20 heavy (non-hydrogen) atoms. The minimum atomic E-state index is -4.10. The Morgan fingerprint density at radius 3 is 2.70 bits per heavy atom. The molecule has 0 aliphatic carbocycles. The van der Waals surface area contributed by atoms with E-state index in [9.17, 15) is 13.2 Å². The molecule has 1 atom stereocenters. The molecule has 1 rings (SSSR count). The topological polar surface area (TPSA) is 134 Å². The van der Waals surface area contributed by atoms with Gasteiger partial charge in [-0.3, -0.25) is 0 Å². The van der Waals surface area contributed by atoms with Gasteiger partial charge < -0.3 is 15.7 Å². The van der Waals surface area contributed by atoms with Crippen molar-refractivity contribution in [2.75, 3.05) is 6.54 Å². The van der Waals surface area contributed by atoms with Gasteiger partial charge in [-0.25, -0.2) is 9.52 Å². The van der Waals surface area contributed by atoms with Crippen LogP contribution >= 0.6 is 0 Å². The summed E-state index contributed by atoms with van der Waals surface area (Å²) in [6, 6.07) is -0.766. The summed E-state index contributed by atoms with van der Waals surface area (Å²) in [6.07, 6.45) is 0.324. The Bertz CT molecular complexity index is 476. The molecule has 1 amide bonds. The van der Waals surface area contributed by atoms with Gasteiger partial charge in [0.1, 0.15) is 0 Å². The Balaban J connectivity index is 2.85. The van der Waals surface area contributed by atoms with Gasteiger partial charge in [0.15, 0.2) is 5.84 Å². The summed E-state index contributed by atoms with van der Waals surface area (Å²) in [5, 5.41) is 11.5. The van der Waals surface area contributed by atoms with Crippen LogP contribution in [-0.2, 0) is 14.9 Å². The Morgan fingerprint density at radius 1 is 1.50 bits per heavy atom. The zero-order chi connectivity index (χ0) is 15.3. The highest BCUT2D eigenvalue weighted by atomic mass is 32.2. The first kappa shape index (κ1) is 16.5. The van der Waals surface area contributed by atoms with Gasteiger partial charge in [-0.05, 0) is 26.7 Å². The fourth-order valence-electron chi connectivity index (χ4n) is 1.96. The quantitative estimate of drug-likeness (QED) is 0.289. The molecule has 0 bridgehead atoms. The van der Waals surface area contributed by atoms with Crippen molar-refractivity contribution in [2.45, 2.75) is 45.3 Å². The maximum atomic E-state index is 12.1. The van der Waals surface area contributed by atoms with Crippen LogP contribution in [0.3, 0.4) is 0 Å². The van der Waals surface area contributed by atoms with Gasteiger partial charge in [0.05, 0.1) is 12.1 Å². The minimum Gasteiger partial charge on any atom is -0.446 e. The number of hydrogen-bond acceptors (Lipinski definition) is 6. The molecule has 4 N–H and O–H groups in total. The molecular formula is C10H20N4O5S. The number of carbonyl (C=O) groups excluding carboxylic acids is 1. The van der Waals surface area contributed by atoms with E-state index in [2.05, 4.69) is 5.16 Å². The van der Waals surface area contributed by atoms with Crippen LogP contribution in [0.5, 0.6) is 0 Å². The van der Waals surface area contributed by atoms with Crippen LogP contribution in [0.25, 0.3) is 0 Å². The van der Waals surface area contributed by atoms with E-state index in [0.717, 1.165) is 10.7 Å². The molecule has 1 unspecified atom stereocenters. The predicted octanol–water partition coefficient (Wildman–Crippen LogP) is -0.0333. The highest BCUT2D eigenvalue weighted by Gasteiger charge is 2.36. The molecule has 9 nitrogen and oxygen atoms in total. The van der Waals surface area contributed by atoms with Crippen molar-refractivity contribution in [3.63, 3.8) is 0 Å². The molecule has 0 aromatic heterocycles. The number of nitrogens with one attached hydrogen (secondary N) is 1. The lowest BCUT2D eigenvalue weighted by Crippen LogP contribution is -2.55. The predicted molar refractivity (Wildman–Crippen MR) is 71.4 cm³/mol. The molecule has 0 aromatic carbocycles. The summed E-state index contributed by atoms with van der Waals surface area (Å²) < 4.78 is 31.8. The zero-order valence-corrected chi connectivity index (χ0v) is 12.3. The van der Waals surface area contributed by atoms with Crippen molar-refractivity contribution >= 4 is 22.1 Å². The third kappa shape index (κ3) is 4.23. The molecule has 0 saturated carbocycles. The number of nitrogens with two attached hydrogens (primary N) is 1. The first-order valence-electron chi connectivity index (χ1n) is 6.25. The number of piperidine rings is 1. The van der Waals surface area contributed by atoms with Crippen molar-refractivity contribution in [1.82, 2.24) is 9.03 Å². The van der Waals surface area contributed by atoms with E-state index < -0.39 is 28.4 Å². The second kappa shape index (κ2) is 6.75. The maximum Gasteiger partial charge on any atom is 0.422 e. The monoisotopic (exact) mass is 308 g/mol. The number of nitrogens with zero attached hydrogens (tertiary/aromatic N) is 2. The smallest absolute Gasteiger partial charge is 0.422 e. The van der Waals surface area contributed by atoms with Crippen LogP contribution in [0, 0.1) is 0 Å². The number of oxime groups is 1. The summed E-state index contributed by atoms with van der Waals surface area (Å²) in [5.74, 6) is -0.202. The SMILES string of the molecule is CC(C)OC(=O)NS(=O)(=O)N1CCCCC1C(N)=NO. The number of hydrogen-bond donors (Lipinski definition) is 3. The fourth-order valence-corrected chi connectivity index (χ4v) is 3.25. The van der Waals surface area contributed by atoms with Gasteiger partial charge >= 0.3 is 16.3 Å². The largest absolute Gasteiger partial charge is 0.446 e. The van der Waals surface area contributed by atoms with Crippen LogP contribution in [-0.4, -0.2) is 48.5 Å². The molecule has 1 fully saturated rings. The summed E-state index contributed by atoms with van der Waals surface area (Å²) in [6.45, 7) is 3.39. The summed E-state index contributed by atoms with van der Waals surface area (Å²) in [4.78, 5) is 11.4. The number of amidine groups is 1. The van der Waals surface area contributed by atoms with Crippen LogP contribution in [0.15, 0.2) is 5.16 Å². The maximum absolute atomic E-state index is 12.1. The van der Waals surface area contributed by atoms with E-state index in [0.29, 0.717) is 12.8 Å². The molecule has 1 saturated heterocycles. The van der Waals surface area contributed by atoms with Crippen molar-refractivity contribution in [3.05, 3.63) is 0 Å². The lowest BCUT2D eigenvalue weighted by molar-refractivity contribution is 0.120. The van der Waals surface area contributed by atoms with Gasteiger partial charge in [-0.15, -0.1) is 0 Å². The Labute approximate surface area is 117 Å². The summed E-state index contributed by atoms with van der Waals surface area (Å²) >= 11 is 0. The van der Waals surface area contributed by atoms with Crippen LogP contribution < -0.4 is 10.5 Å². The van der Waals surface area contributed by atoms with Crippen molar-refractivity contribution in [3.8, 4) is 0 Å². The average Bonchev–Trinajstić information content (AvgIpc) is 2.36.